The Labute approximate surface area is 264 Å². The highest BCUT2D eigenvalue weighted by Gasteiger charge is 2.44. The summed E-state index contributed by atoms with van der Waals surface area (Å²) in [5.74, 6) is -1.59. The Bertz CT molecular complexity index is 1890. The second-order valence-electron chi connectivity index (χ2n) is 12.5. The molecule has 3 fully saturated rings. The van der Waals surface area contributed by atoms with Crippen LogP contribution in [0.5, 0.6) is 0 Å². The second-order valence-corrected chi connectivity index (χ2v) is 12.5. The molecule has 3 aliphatic heterocycles. The number of amides is 4. The van der Waals surface area contributed by atoms with Gasteiger partial charge in [0.05, 0.1) is 46.3 Å². The van der Waals surface area contributed by atoms with Crippen molar-refractivity contribution in [2.45, 2.75) is 37.8 Å². The summed E-state index contributed by atoms with van der Waals surface area (Å²) in [6, 6.07) is 10.7. The number of imide groups is 2. The van der Waals surface area contributed by atoms with Crippen LogP contribution in [0.3, 0.4) is 0 Å². The fourth-order valence-electron chi connectivity index (χ4n) is 6.86. The number of nitrogens with zero attached hydrogens (tertiary/aromatic N) is 6. The van der Waals surface area contributed by atoms with Crippen LogP contribution in [0.25, 0.3) is 22.3 Å². The number of carbonyl (C=O) groups is 4. The van der Waals surface area contributed by atoms with Gasteiger partial charge in [0.1, 0.15) is 6.04 Å². The van der Waals surface area contributed by atoms with E-state index in [4.69, 9.17) is 4.98 Å². The molecule has 13 heteroatoms. The lowest BCUT2D eigenvalue weighted by molar-refractivity contribution is -0.136. The van der Waals surface area contributed by atoms with Crippen molar-refractivity contribution in [2.75, 3.05) is 42.9 Å². The lowest BCUT2D eigenvalue weighted by Crippen LogP contribution is -2.54. The first-order valence-electron chi connectivity index (χ1n) is 15.8. The van der Waals surface area contributed by atoms with Gasteiger partial charge in [-0.25, -0.2) is 4.98 Å². The second kappa shape index (κ2) is 11.3. The van der Waals surface area contributed by atoms with E-state index in [0.717, 1.165) is 71.9 Å². The minimum atomic E-state index is -0.972. The third-order valence-electron chi connectivity index (χ3n) is 9.52. The molecule has 8 rings (SSSR count). The van der Waals surface area contributed by atoms with Crippen molar-refractivity contribution < 1.29 is 19.2 Å². The molecule has 3 N–H and O–H groups in total. The molecule has 0 bridgehead atoms. The largest absolute Gasteiger partial charge is 0.385 e. The highest BCUT2D eigenvalue weighted by molar-refractivity contribution is 6.23. The molecule has 1 saturated carbocycles. The Morgan fingerprint density at radius 1 is 0.913 bits per heavy atom. The molecule has 5 heterocycles. The number of nitrogens with one attached hydrogen (secondary N) is 3. The van der Waals surface area contributed by atoms with Gasteiger partial charge in [-0.15, -0.1) is 0 Å². The summed E-state index contributed by atoms with van der Waals surface area (Å²) in [6.45, 7) is 4.62. The van der Waals surface area contributed by atoms with Crippen LogP contribution in [0.2, 0.25) is 0 Å². The van der Waals surface area contributed by atoms with Crippen molar-refractivity contribution in [1.82, 2.24) is 35.3 Å². The zero-order valence-electron chi connectivity index (χ0n) is 25.1. The van der Waals surface area contributed by atoms with Gasteiger partial charge in [0.25, 0.3) is 11.8 Å². The van der Waals surface area contributed by atoms with E-state index < -0.39 is 29.7 Å². The van der Waals surface area contributed by atoms with Crippen molar-refractivity contribution in [2.24, 2.45) is 5.92 Å². The van der Waals surface area contributed by atoms with E-state index in [1.54, 1.807) is 24.4 Å². The van der Waals surface area contributed by atoms with Crippen molar-refractivity contribution >= 4 is 46.0 Å². The zero-order chi connectivity index (χ0) is 31.4. The molecule has 4 aliphatic rings. The van der Waals surface area contributed by atoms with E-state index in [1.165, 1.54) is 5.69 Å². The summed E-state index contributed by atoms with van der Waals surface area (Å²) in [7, 11) is 0. The minimum absolute atomic E-state index is 0.0918. The van der Waals surface area contributed by atoms with Gasteiger partial charge in [-0.3, -0.25) is 39.1 Å². The van der Waals surface area contributed by atoms with Gasteiger partial charge in [0.2, 0.25) is 11.8 Å². The van der Waals surface area contributed by atoms with Crippen LogP contribution in [0.1, 0.15) is 52.4 Å². The molecule has 2 aromatic heterocycles. The normalized spacial score (nSPS) is 23.0. The van der Waals surface area contributed by atoms with E-state index >= 15 is 0 Å². The van der Waals surface area contributed by atoms with E-state index in [2.05, 4.69) is 43.1 Å². The summed E-state index contributed by atoms with van der Waals surface area (Å²) in [4.78, 5) is 62.9. The molecular formula is C33H33N9O4. The quantitative estimate of drug-likeness (QED) is 0.263. The standard InChI is InChI=1S/C33H33N9O4/c43-30-6-5-29(31(44)39-30)42-32(45)24-3-1-21(13-25(24)33(42)46)35-15-19-11-23(12-19)41-18-20(16-37-41)28-17-36-26-4-2-22(14-27(26)38-28)40-9-7-34-8-10-40/h1-4,13-14,16-19,23,29,34-35H,5-12,15H2,(H,39,43,44)/t19-,23-,29?. The van der Waals surface area contributed by atoms with Crippen LogP contribution in [0.4, 0.5) is 11.4 Å². The van der Waals surface area contributed by atoms with Crippen LogP contribution >= 0.6 is 0 Å². The third kappa shape index (κ3) is 5.06. The van der Waals surface area contributed by atoms with Gasteiger partial charge in [0, 0.05) is 62.3 Å². The molecule has 2 aromatic carbocycles. The van der Waals surface area contributed by atoms with Crippen molar-refractivity contribution in [1.29, 1.82) is 0 Å². The Hall–Kier alpha value is -5.17. The monoisotopic (exact) mass is 619 g/mol. The van der Waals surface area contributed by atoms with Gasteiger partial charge < -0.3 is 15.5 Å². The Morgan fingerprint density at radius 2 is 1.74 bits per heavy atom. The number of fused-ring (bicyclic) bond motifs is 2. The zero-order valence-corrected chi connectivity index (χ0v) is 25.1. The Balaban J connectivity index is 0.880. The molecule has 46 heavy (non-hydrogen) atoms. The van der Waals surface area contributed by atoms with Crippen molar-refractivity contribution in [3.63, 3.8) is 0 Å². The highest BCUT2D eigenvalue weighted by Crippen LogP contribution is 2.38. The number of hydrogen-bond acceptors (Lipinski definition) is 10. The van der Waals surface area contributed by atoms with Gasteiger partial charge >= 0.3 is 0 Å². The van der Waals surface area contributed by atoms with Crippen LogP contribution in [0.15, 0.2) is 55.0 Å². The van der Waals surface area contributed by atoms with Crippen LogP contribution in [-0.4, -0.2) is 87.0 Å². The van der Waals surface area contributed by atoms with Crippen LogP contribution in [-0.2, 0) is 9.59 Å². The molecule has 234 valence electrons. The van der Waals surface area contributed by atoms with Crippen molar-refractivity contribution in [3.05, 3.63) is 66.1 Å². The first-order valence-corrected chi connectivity index (χ1v) is 15.8. The van der Waals surface area contributed by atoms with Crippen LogP contribution in [0, 0.1) is 5.92 Å². The summed E-state index contributed by atoms with van der Waals surface area (Å²) < 4.78 is 2.01. The molecule has 2 saturated heterocycles. The maximum absolute atomic E-state index is 13.1. The number of rotatable bonds is 7. The fourth-order valence-corrected chi connectivity index (χ4v) is 6.86. The number of anilines is 2. The summed E-state index contributed by atoms with van der Waals surface area (Å²) in [5, 5.41) is 13.7. The molecule has 0 radical (unpaired) electrons. The van der Waals surface area contributed by atoms with E-state index in [0.29, 0.717) is 12.5 Å². The predicted octanol–water partition coefficient (Wildman–Crippen LogP) is 2.37. The topological polar surface area (TPSA) is 154 Å². The number of hydrogen-bond donors (Lipinski definition) is 3. The van der Waals surface area contributed by atoms with E-state index in [1.807, 2.05) is 23.1 Å². The molecule has 1 unspecified atom stereocenters. The van der Waals surface area contributed by atoms with Gasteiger partial charge in [-0.1, -0.05) is 0 Å². The summed E-state index contributed by atoms with van der Waals surface area (Å²) in [6.07, 6.45) is 7.84. The molecule has 13 nitrogen and oxygen atoms in total. The maximum Gasteiger partial charge on any atom is 0.262 e. The molecule has 1 aliphatic carbocycles. The number of piperidine rings is 1. The predicted molar refractivity (Wildman–Crippen MR) is 169 cm³/mol. The smallest absolute Gasteiger partial charge is 0.262 e. The number of benzene rings is 2. The maximum atomic E-state index is 13.1. The summed E-state index contributed by atoms with van der Waals surface area (Å²) >= 11 is 0. The fraction of sp³-hybridized carbons (Fsp3) is 0.364. The van der Waals surface area contributed by atoms with Gasteiger partial charge in [-0.05, 0) is 61.6 Å². The number of carbonyl (C=O) groups excluding carboxylic acids is 4. The van der Waals surface area contributed by atoms with Crippen LogP contribution < -0.4 is 20.9 Å². The van der Waals surface area contributed by atoms with Crippen molar-refractivity contribution in [3.8, 4) is 11.3 Å². The molecule has 4 aromatic rings. The highest BCUT2D eigenvalue weighted by atomic mass is 16.2. The molecule has 0 spiro atoms. The number of aromatic nitrogens is 4. The lowest BCUT2D eigenvalue weighted by Gasteiger charge is -2.35. The molecule has 4 amide bonds. The average molecular weight is 620 g/mol. The summed E-state index contributed by atoms with van der Waals surface area (Å²) in [5.41, 5.74) is 5.93. The molecule has 1 atom stereocenters. The SMILES string of the molecule is O=C1CCC(N2C(=O)c3ccc(NC[C@H]4C[C@H](n5cc(-c6cnc7ccc(N8CCNCC8)cc7n6)cn5)C4)cc3C2=O)C(=O)N1. The third-order valence-corrected chi connectivity index (χ3v) is 9.52. The average Bonchev–Trinajstić information content (AvgIpc) is 3.63. The lowest BCUT2D eigenvalue weighted by atomic mass is 9.80. The van der Waals surface area contributed by atoms with E-state index in [9.17, 15) is 19.2 Å². The molecular weight excluding hydrogens is 586 g/mol. The Morgan fingerprint density at radius 3 is 2.57 bits per heavy atom. The Kier molecular flexibility index (Phi) is 6.97. The first-order chi connectivity index (χ1) is 22.4. The first kappa shape index (κ1) is 28.3. The van der Waals surface area contributed by atoms with Gasteiger partial charge in [-0.2, -0.15) is 5.10 Å². The van der Waals surface area contributed by atoms with Gasteiger partial charge in [0.15, 0.2) is 0 Å². The minimum Gasteiger partial charge on any atom is -0.385 e. The number of piperazine rings is 1. The van der Waals surface area contributed by atoms with E-state index in [-0.39, 0.29) is 30.0 Å².